The number of nitrogens with one attached hydrogen (secondary N) is 2. The zero-order valence-electron chi connectivity index (χ0n) is 17.0. The highest BCUT2D eigenvalue weighted by molar-refractivity contribution is 5.98. The minimum Gasteiger partial charge on any atom is -0.382 e. The number of carbonyl (C=O) groups is 1. The van der Waals surface area contributed by atoms with Gasteiger partial charge in [0.1, 0.15) is 5.82 Å². The van der Waals surface area contributed by atoms with Gasteiger partial charge in [-0.15, -0.1) is 0 Å². The molecule has 4 rings (SSSR count). The first-order chi connectivity index (χ1) is 14.2. The summed E-state index contributed by atoms with van der Waals surface area (Å²) in [5.74, 6) is 0.257. The van der Waals surface area contributed by atoms with E-state index in [0.29, 0.717) is 17.4 Å². The number of pyridine rings is 1. The number of piperidine rings is 1. The lowest BCUT2D eigenvalue weighted by atomic mass is 9.95. The molecule has 154 valence electrons. The Balaban J connectivity index is 1.47. The Hall–Kier alpha value is -2.76. The molecule has 2 aromatic rings. The highest BCUT2D eigenvalue weighted by Gasteiger charge is 2.17. The van der Waals surface area contributed by atoms with E-state index in [9.17, 15) is 4.79 Å². The second kappa shape index (κ2) is 9.16. The van der Waals surface area contributed by atoms with Crippen LogP contribution in [-0.2, 0) is 0 Å². The predicted octanol–water partition coefficient (Wildman–Crippen LogP) is 4.66. The molecule has 1 saturated carbocycles. The molecule has 2 fully saturated rings. The number of hydrogen-bond acceptors (Lipinski definition) is 5. The van der Waals surface area contributed by atoms with Gasteiger partial charge in [0.05, 0.1) is 11.3 Å². The maximum absolute atomic E-state index is 11.8. The molecule has 1 aliphatic carbocycles. The molecule has 1 amide bonds. The van der Waals surface area contributed by atoms with Crippen molar-refractivity contribution in [2.45, 2.75) is 57.4 Å². The fourth-order valence-electron chi connectivity index (χ4n) is 4.36. The van der Waals surface area contributed by atoms with Gasteiger partial charge in [-0.1, -0.05) is 19.3 Å². The first-order valence-corrected chi connectivity index (χ1v) is 10.9. The normalized spacial score (nSPS) is 17.7. The first kappa shape index (κ1) is 19.6. The summed E-state index contributed by atoms with van der Waals surface area (Å²) < 4.78 is 0. The third-order valence-electron chi connectivity index (χ3n) is 6.00. The van der Waals surface area contributed by atoms with Crippen LogP contribution in [0.25, 0.3) is 0 Å². The molecule has 1 aromatic heterocycles. The third-order valence-corrected chi connectivity index (χ3v) is 6.00. The Kier molecular flexibility index (Phi) is 6.17. The van der Waals surface area contributed by atoms with Crippen molar-refractivity contribution in [1.29, 1.82) is 0 Å². The standard InChI is InChI=1S/C23H31N5O/c24-23(29)20-16-25-22(15-21(20)26-17-7-3-1-4-8-17)27-18-9-11-19(12-10-18)28-13-5-2-6-14-28/h9-12,15-17H,1-8,13-14H2,(H2,24,29)(H2,25,26,27). The SMILES string of the molecule is NC(=O)c1cnc(Nc2ccc(N3CCCCC3)cc2)cc1NC1CCCCC1. The van der Waals surface area contributed by atoms with Crippen LogP contribution in [-0.4, -0.2) is 30.0 Å². The van der Waals surface area contributed by atoms with E-state index in [1.807, 2.05) is 6.07 Å². The van der Waals surface area contributed by atoms with E-state index in [1.54, 1.807) is 6.20 Å². The average Bonchev–Trinajstić information content (AvgIpc) is 2.76. The average molecular weight is 394 g/mol. The molecule has 2 heterocycles. The number of nitrogens with two attached hydrogens (primary N) is 1. The summed E-state index contributed by atoms with van der Waals surface area (Å²) in [6.07, 6.45) is 11.4. The number of carbonyl (C=O) groups excluding carboxylic acids is 1. The van der Waals surface area contributed by atoms with Gasteiger partial charge in [0.25, 0.3) is 5.91 Å². The number of rotatable bonds is 6. The molecule has 0 radical (unpaired) electrons. The van der Waals surface area contributed by atoms with Crippen LogP contribution < -0.4 is 21.3 Å². The molecule has 1 aliphatic heterocycles. The predicted molar refractivity (Wildman–Crippen MR) is 119 cm³/mol. The van der Waals surface area contributed by atoms with E-state index in [0.717, 1.165) is 37.3 Å². The Labute approximate surface area is 172 Å². The van der Waals surface area contributed by atoms with Gasteiger partial charge in [0, 0.05) is 42.8 Å². The van der Waals surface area contributed by atoms with Crippen LogP contribution in [0.3, 0.4) is 0 Å². The Bertz CT molecular complexity index is 824. The minimum absolute atomic E-state index is 0.390. The van der Waals surface area contributed by atoms with E-state index in [2.05, 4.69) is 44.8 Å². The third kappa shape index (κ3) is 5.00. The van der Waals surface area contributed by atoms with E-state index in [1.165, 1.54) is 44.2 Å². The van der Waals surface area contributed by atoms with Crippen molar-refractivity contribution in [3.8, 4) is 0 Å². The number of amides is 1. The van der Waals surface area contributed by atoms with Crippen molar-refractivity contribution in [2.75, 3.05) is 28.6 Å². The van der Waals surface area contributed by atoms with E-state index in [4.69, 9.17) is 5.73 Å². The molecule has 1 aromatic carbocycles. The molecule has 0 spiro atoms. The van der Waals surface area contributed by atoms with Gasteiger partial charge in [-0.2, -0.15) is 0 Å². The summed E-state index contributed by atoms with van der Waals surface area (Å²) in [5, 5.41) is 6.88. The molecule has 4 N–H and O–H groups in total. The number of primary amides is 1. The van der Waals surface area contributed by atoms with Crippen LogP contribution in [0, 0.1) is 0 Å². The number of nitrogens with zero attached hydrogens (tertiary/aromatic N) is 2. The molecule has 2 aliphatic rings. The molecule has 6 heteroatoms. The minimum atomic E-state index is -0.451. The van der Waals surface area contributed by atoms with Crippen molar-refractivity contribution >= 4 is 28.8 Å². The Morgan fingerprint density at radius 2 is 1.69 bits per heavy atom. The summed E-state index contributed by atoms with van der Waals surface area (Å²) in [6, 6.07) is 10.8. The highest BCUT2D eigenvalue weighted by atomic mass is 16.1. The summed E-state index contributed by atoms with van der Waals surface area (Å²) in [5.41, 5.74) is 9.03. The number of hydrogen-bond donors (Lipinski definition) is 3. The van der Waals surface area contributed by atoms with Crippen molar-refractivity contribution in [3.05, 3.63) is 42.1 Å². The van der Waals surface area contributed by atoms with E-state index < -0.39 is 5.91 Å². The van der Waals surface area contributed by atoms with Crippen LogP contribution in [0.4, 0.5) is 22.9 Å². The number of anilines is 4. The number of benzene rings is 1. The smallest absolute Gasteiger partial charge is 0.252 e. The fraction of sp³-hybridized carbons (Fsp3) is 0.478. The molecule has 0 bridgehead atoms. The Morgan fingerprint density at radius 3 is 2.38 bits per heavy atom. The monoisotopic (exact) mass is 393 g/mol. The van der Waals surface area contributed by atoms with Crippen LogP contribution in [0.15, 0.2) is 36.5 Å². The van der Waals surface area contributed by atoms with E-state index in [-0.39, 0.29) is 0 Å². The van der Waals surface area contributed by atoms with Gasteiger partial charge in [-0.3, -0.25) is 4.79 Å². The summed E-state index contributed by atoms with van der Waals surface area (Å²) in [6.45, 7) is 2.28. The lowest BCUT2D eigenvalue weighted by Crippen LogP contribution is -2.29. The quantitative estimate of drug-likeness (QED) is 0.665. The van der Waals surface area contributed by atoms with Gasteiger partial charge in [0.15, 0.2) is 0 Å². The van der Waals surface area contributed by atoms with Crippen LogP contribution in [0.5, 0.6) is 0 Å². The van der Waals surface area contributed by atoms with Crippen molar-refractivity contribution in [1.82, 2.24) is 4.98 Å². The number of aromatic nitrogens is 1. The van der Waals surface area contributed by atoms with Crippen LogP contribution >= 0.6 is 0 Å². The molecule has 29 heavy (non-hydrogen) atoms. The molecule has 0 atom stereocenters. The molecule has 1 saturated heterocycles. The van der Waals surface area contributed by atoms with E-state index >= 15 is 0 Å². The van der Waals surface area contributed by atoms with Gasteiger partial charge < -0.3 is 21.3 Å². The van der Waals surface area contributed by atoms with Crippen molar-refractivity contribution in [2.24, 2.45) is 5.73 Å². The summed E-state index contributed by atoms with van der Waals surface area (Å²) >= 11 is 0. The topological polar surface area (TPSA) is 83.3 Å². The zero-order valence-corrected chi connectivity index (χ0v) is 17.0. The van der Waals surface area contributed by atoms with Crippen LogP contribution in [0.2, 0.25) is 0 Å². The fourth-order valence-corrected chi connectivity index (χ4v) is 4.36. The van der Waals surface area contributed by atoms with Gasteiger partial charge in [-0.05, 0) is 56.4 Å². The molecular formula is C23H31N5O. The van der Waals surface area contributed by atoms with Crippen LogP contribution in [0.1, 0.15) is 61.7 Å². The van der Waals surface area contributed by atoms with Gasteiger partial charge in [0.2, 0.25) is 0 Å². The maximum atomic E-state index is 11.8. The van der Waals surface area contributed by atoms with Crippen molar-refractivity contribution < 1.29 is 4.79 Å². The lowest BCUT2D eigenvalue weighted by molar-refractivity contribution is 0.100. The first-order valence-electron chi connectivity index (χ1n) is 10.9. The zero-order chi connectivity index (χ0) is 20.1. The van der Waals surface area contributed by atoms with Gasteiger partial charge in [-0.25, -0.2) is 4.98 Å². The van der Waals surface area contributed by atoms with Crippen molar-refractivity contribution in [3.63, 3.8) is 0 Å². The maximum Gasteiger partial charge on any atom is 0.252 e. The summed E-state index contributed by atoms with van der Waals surface area (Å²) in [4.78, 5) is 18.7. The molecule has 0 unspecified atom stereocenters. The second-order valence-corrected chi connectivity index (χ2v) is 8.18. The second-order valence-electron chi connectivity index (χ2n) is 8.18. The highest BCUT2D eigenvalue weighted by Crippen LogP contribution is 2.27. The largest absolute Gasteiger partial charge is 0.382 e. The molecular weight excluding hydrogens is 362 g/mol. The molecule has 6 nitrogen and oxygen atoms in total. The Morgan fingerprint density at radius 1 is 1.00 bits per heavy atom. The van der Waals surface area contributed by atoms with Gasteiger partial charge >= 0.3 is 0 Å². The lowest BCUT2D eigenvalue weighted by Gasteiger charge is -2.28. The summed E-state index contributed by atoms with van der Waals surface area (Å²) in [7, 11) is 0.